The van der Waals surface area contributed by atoms with E-state index in [1.54, 1.807) is 12.4 Å². The van der Waals surface area contributed by atoms with Gasteiger partial charge >= 0.3 is 5.97 Å². The molecule has 2 aromatic rings. The molecule has 2 heterocycles. The highest BCUT2D eigenvalue weighted by Crippen LogP contribution is 2.22. The number of aliphatic carboxylic acids is 1. The smallest absolute Gasteiger partial charge is 0.312 e. The van der Waals surface area contributed by atoms with Gasteiger partial charge in [0.05, 0.1) is 17.1 Å². The van der Waals surface area contributed by atoms with Gasteiger partial charge in [-0.25, -0.2) is 15.0 Å². The molecule has 0 bridgehead atoms. The zero-order valence-electron chi connectivity index (χ0n) is 7.34. The Labute approximate surface area is 83.5 Å². The van der Waals surface area contributed by atoms with Gasteiger partial charge in [0.25, 0.3) is 0 Å². The average molecular weight is 209 g/mol. The summed E-state index contributed by atoms with van der Waals surface area (Å²) in [6, 6.07) is 0. The van der Waals surface area contributed by atoms with E-state index in [1.807, 2.05) is 0 Å². The Morgan fingerprint density at radius 2 is 2.29 bits per heavy atom. The van der Waals surface area contributed by atoms with E-state index in [0.29, 0.717) is 11.2 Å². The first-order valence-corrected chi connectivity index (χ1v) is 4.85. The first kappa shape index (κ1) is 9.01. The second kappa shape index (κ2) is 3.30. The molecule has 1 atom stereocenters. The number of hydrogen-bond donors (Lipinski definition) is 1. The fraction of sp³-hybridized carbons (Fsp3) is 0.250. The van der Waals surface area contributed by atoms with Gasteiger partial charge in [0, 0.05) is 0 Å². The Bertz CT molecular complexity index is 482. The minimum atomic E-state index is -0.905. The predicted octanol–water partition coefficient (Wildman–Crippen LogP) is 1.27. The maximum absolute atomic E-state index is 10.8. The van der Waals surface area contributed by atoms with E-state index >= 15 is 0 Å². The molecule has 1 N–H and O–H groups in total. The molecule has 0 saturated carbocycles. The van der Waals surface area contributed by atoms with Gasteiger partial charge in [0.2, 0.25) is 0 Å². The third-order valence-corrected chi connectivity index (χ3v) is 2.68. The first-order valence-electron chi connectivity index (χ1n) is 3.97. The lowest BCUT2D eigenvalue weighted by molar-refractivity contribution is -0.138. The SMILES string of the molecule is CC(C(=O)O)c1ncnc2scnc12. The van der Waals surface area contributed by atoms with Gasteiger partial charge in [-0.05, 0) is 6.92 Å². The summed E-state index contributed by atoms with van der Waals surface area (Å²) in [5.41, 5.74) is 2.70. The molecule has 2 rings (SSSR count). The van der Waals surface area contributed by atoms with E-state index in [1.165, 1.54) is 17.7 Å². The van der Waals surface area contributed by atoms with Crippen LogP contribution in [0.1, 0.15) is 18.5 Å². The van der Waals surface area contributed by atoms with Gasteiger partial charge in [-0.1, -0.05) is 0 Å². The fourth-order valence-corrected chi connectivity index (χ4v) is 1.78. The number of hydrogen-bond acceptors (Lipinski definition) is 5. The molecule has 2 aromatic heterocycles. The molecule has 5 nitrogen and oxygen atoms in total. The number of carboxylic acid groups (broad SMARTS) is 1. The van der Waals surface area contributed by atoms with Crippen molar-refractivity contribution in [2.75, 3.05) is 0 Å². The molecular formula is C8H7N3O2S. The average Bonchev–Trinajstić information content (AvgIpc) is 2.63. The molecule has 0 aliphatic heterocycles. The number of carbonyl (C=O) groups is 1. The second-order valence-electron chi connectivity index (χ2n) is 2.82. The van der Waals surface area contributed by atoms with Crippen LogP contribution >= 0.6 is 11.3 Å². The van der Waals surface area contributed by atoms with Crippen molar-refractivity contribution in [1.29, 1.82) is 0 Å². The van der Waals surface area contributed by atoms with Gasteiger partial charge in [-0.2, -0.15) is 0 Å². The van der Waals surface area contributed by atoms with Crippen LogP contribution in [-0.4, -0.2) is 26.0 Å². The Balaban J connectivity index is 2.61. The van der Waals surface area contributed by atoms with Gasteiger partial charge in [0.15, 0.2) is 0 Å². The van der Waals surface area contributed by atoms with Crippen molar-refractivity contribution in [2.24, 2.45) is 0 Å². The summed E-state index contributed by atoms with van der Waals surface area (Å²) in [7, 11) is 0. The highest BCUT2D eigenvalue weighted by atomic mass is 32.1. The standard InChI is InChI=1S/C8H7N3O2S/c1-4(8(12)13)5-6-7(10-2-9-5)14-3-11-6/h2-4H,1H3,(H,12,13). The largest absolute Gasteiger partial charge is 0.481 e. The molecule has 14 heavy (non-hydrogen) atoms. The predicted molar refractivity (Wildman–Crippen MR) is 51.3 cm³/mol. The van der Waals surface area contributed by atoms with Crippen LogP contribution in [0.5, 0.6) is 0 Å². The van der Waals surface area contributed by atoms with Crippen molar-refractivity contribution in [3.8, 4) is 0 Å². The molecule has 72 valence electrons. The fourth-order valence-electron chi connectivity index (χ4n) is 1.15. The van der Waals surface area contributed by atoms with Crippen molar-refractivity contribution >= 4 is 27.7 Å². The number of fused-ring (bicyclic) bond motifs is 1. The van der Waals surface area contributed by atoms with Crippen molar-refractivity contribution in [1.82, 2.24) is 15.0 Å². The Morgan fingerprint density at radius 1 is 1.50 bits per heavy atom. The minimum Gasteiger partial charge on any atom is -0.481 e. The van der Waals surface area contributed by atoms with Crippen molar-refractivity contribution in [2.45, 2.75) is 12.8 Å². The Hall–Kier alpha value is -1.56. The summed E-state index contributed by atoms with van der Waals surface area (Å²) < 4.78 is 0. The molecule has 0 amide bonds. The van der Waals surface area contributed by atoms with Crippen molar-refractivity contribution < 1.29 is 9.90 Å². The highest BCUT2D eigenvalue weighted by Gasteiger charge is 2.19. The first-order chi connectivity index (χ1) is 6.70. The summed E-state index contributed by atoms with van der Waals surface area (Å²) >= 11 is 1.38. The van der Waals surface area contributed by atoms with Gasteiger partial charge in [0.1, 0.15) is 16.7 Å². The number of rotatable bonds is 2. The molecule has 0 saturated heterocycles. The van der Waals surface area contributed by atoms with E-state index in [2.05, 4.69) is 15.0 Å². The molecule has 1 unspecified atom stereocenters. The number of nitrogens with zero attached hydrogens (tertiary/aromatic N) is 3. The Morgan fingerprint density at radius 3 is 3.00 bits per heavy atom. The quantitative estimate of drug-likeness (QED) is 0.806. The van der Waals surface area contributed by atoms with Crippen molar-refractivity contribution in [3.05, 3.63) is 17.5 Å². The summed E-state index contributed by atoms with van der Waals surface area (Å²) in [6.07, 6.45) is 1.37. The second-order valence-corrected chi connectivity index (χ2v) is 3.66. The van der Waals surface area contributed by atoms with E-state index in [9.17, 15) is 4.79 Å². The van der Waals surface area contributed by atoms with E-state index < -0.39 is 11.9 Å². The van der Waals surface area contributed by atoms with Crippen LogP contribution in [0.2, 0.25) is 0 Å². The summed E-state index contributed by atoms with van der Waals surface area (Å²) in [4.78, 5) is 23.5. The zero-order chi connectivity index (χ0) is 10.1. The molecule has 6 heteroatoms. The third kappa shape index (κ3) is 1.33. The van der Waals surface area contributed by atoms with Gasteiger partial charge < -0.3 is 5.11 Å². The van der Waals surface area contributed by atoms with Gasteiger partial charge in [-0.3, -0.25) is 4.79 Å². The number of carboxylic acids is 1. The monoisotopic (exact) mass is 209 g/mol. The van der Waals surface area contributed by atoms with Crippen LogP contribution in [0.4, 0.5) is 0 Å². The molecule has 0 fully saturated rings. The van der Waals surface area contributed by atoms with E-state index in [4.69, 9.17) is 5.11 Å². The maximum Gasteiger partial charge on any atom is 0.312 e. The summed E-state index contributed by atoms with van der Waals surface area (Å²) in [6.45, 7) is 1.59. The van der Waals surface area contributed by atoms with E-state index in [0.717, 1.165) is 4.83 Å². The molecule has 0 aliphatic rings. The maximum atomic E-state index is 10.8. The van der Waals surface area contributed by atoms with E-state index in [-0.39, 0.29) is 0 Å². The lowest BCUT2D eigenvalue weighted by Crippen LogP contribution is -2.10. The number of thiazole rings is 1. The molecule has 0 spiro atoms. The minimum absolute atomic E-state index is 0.476. The highest BCUT2D eigenvalue weighted by molar-refractivity contribution is 7.16. The van der Waals surface area contributed by atoms with Crippen LogP contribution in [0, 0.1) is 0 Å². The van der Waals surface area contributed by atoms with Crippen LogP contribution < -0.4 is 0 Å². The van der Waals surface area contributed by atoms with Gasteiger partial charge in [-0.15, -0.1) is 11.3 Å². The van der Waals surface area contributed by atoms with Crippen LogP contribution in [0.25, 0.3) is 10.3 Å². The summed E-state index contributed by atoms with van der Waals surface area (Å²) in [5, 5.41) is 8.85. The normalized spacial score (nSPS) is 12.9. The summed E-state index contributed by atoms with van der Waals surface area (Å²) in [5.74, 6) is -1.56. The molecule has 0 aliphatic carbocycles. The lowest BCUT2D eigenvalue weighted by Gasteiger charge is -2.04. The molecular weight excluding hydrogens is 202 g/mol. The van der Waals surface area contributed by atoms with Crippen molar-refractivity contribution in [3.63, 3.8) is 0 Å². The van der Waals surface area contributed by atoms with Crippen LogP contribution in [0.3, 0.4) is 0 Å². The molecule has 0 aromatic carbocycles. The number of aromatic nitrogens is 3. The lowest BCUT2D eigenvalue weighted by atomic mass is 10.1. The zero-order valence-corrected chi connectivity index (χ0v) is 8.15. The Kier molecular flexibility index (Phi) is 2.12. The third-order valence-electron chi connectivity index (χ3n) is 1.94. The topological polar surface area (TPSA) is 76.0 Å². The van der Waals surface area contributed by atoms with Crippen LogP contribution in [0.15, 0.2) is 11.8 Å². The molecule has 0 radical (unpaired) electrons. The van der Waals surface area contributed by atoms with Crippen LogP contribution in [-0.2, 0) is 4.79 Å².